The Kier molecular flexibility index (Phi) is 6.10. The van der Waals surface area contributed by atoms with Gasteiger partial charge >= 0.3 is 0 Å². The van der Waals surface area contributed by atoms with Gasteiger partial charge in [0.2, 0.25) is 0 Å². The summed E-state index contributed by atoms with van der Waals surface area (Å²) in [5.41, 5.74) is 2.90. The van der Waals surface area contributed by atoms with Crippen molar-refractivity contribution < 1.29 is 19.1 Å². The Morgan fingerprint density at radius 2 is 1.23 bits per heavy atom. The molecule has 4 aromatic rings. The summed E-state index contributed by atoms with van der Waals surface area (Å²) in [6, 6.07) is 32.7. The van der Waals surface area contributed by atoms with Gasteiger partial charge in [-0.2, -0.15) is 0 Å². The third-order valence-electron chi connectivity index (χ3n) is 5.83. The number of rotatable bonds is 6. The first kappa shape index (κ1) is 22.1. The van der Waals surface area contributed by atoms with Crippen LogP contribution in [0.5, 0.6) is 11.5 Å². The van der Waals surface area contributed by atoms with Gasteiger partial charge in [0.15, 0.2) is 11.6 Å². The van der Waals surface area contributed by atoms with Crippen molar-refractivity contribution in [1.29, 1.82) is 0 Å². The predicted molar refractivity (Wildman–Crippen MR) is 137 cm³/mol. The van der Waals surface area contributed by atoms with Crippen molar-refractivity contribution in [3.05, 3.63) is 143 Å². The summed E-state index contributed by atoms with van der Waals surface area (Å²) in [4.78, 5) is 27.8. The smallest absolute Gasteiger partial charge is 0.197 e. The van der Waals surface area contributed by atoms with Gasteiger partial charge in [-0.05, 0) is 24.3 Å². The number of carbonyl (C=O) groups is 2. The van der Waals surface area contributed by atoms with E-state index in [4.69, 9.17) is 9.47 Å². The van der Waals surface area contributed by atoms with Gasteiger partial charge in [-0.25, -0.2) is 0 Å². The monoisotopic (exact) mass is 458 g/mol. The van der Waals surface area contributed by atoms with E-state index in [0.29, 0.717) is 39.5 Å². The van der Waals surface area contributed by atoms with Gasteiger partial charge in [0.1, 0.15) is 17.3 Å². The molecule has 4 nitrogen and oxygen atoms in total. The van der Waals surface area contributed by atoms with Crippen LogP contribution in [0.2, 0.25) is 0 Å². The molecule has 4 aromatic carbocycles. The van der Waals surface area contributed by atoms with E-state index in [1.807, 2.05) is 42.5 Å². The van der Waals surface area contributed by atoms with E-state index in [1.165, 1.54) is 0 Å². The molecule has 0 saturated carbocycles. The lowest BCUT2D eigenvalue weighted by Gasteiger charge is -2.23. The van der Waals surface area contributed by atoms with Crippen molar-refractivity contribution >= 4 is 22.9 Å². The van der Waals surface area contributed by atoms with Crippen LogP contribution in [0.4, 0.5) is 0 Å². The minimum Gasteiger partial charge on any atom is -0.497 e. The number of ketones is 2. The molecule has 0 spiro atoms. The van der Waals surface area contributed by atoms with Gasteiger partial charge < -0.3 is 9.47 Å². The minimum absolute atomic E-state index is 0.0774. The quantitative estimate of drug-likeness (QED) is 0.141. The number of hydrogen-bond acceptors (Lipinski definition) is 4. The second-order valence-electron chi connectivity index (χ2n) is 8.02. The summed E-state index contributed by atoms with van der Waals surface area (Å²) in [6.45, 7) is 0. The maximum Gasteiger partial charge on any atom is 0.197 e. The van der Waals surface area contributed by atoms with Gasteiger partial charge in [0.25, 0.3) is 0 Å². The molecule has 1 aliphatic heterocycles. The molecule has 0 amide bonds. The average Bonchev–Trinajstić information content (AvgIpc) is 2.94. The van der Waals surface area contributed by atoms with E-state index in [9.17, 15) is 9.59 Å². The highest BCUT2D eigenvalue weighted by Gasteiger charge is 2.29. The number of allylic oxidation sites excluding steroid dienone is 3. The lowest BCUT2D eigenvalue weighted by Crippen LogP contribution is -2.17. The van der Waals surface area contributed by atoms with Crippen molar-refractivity contribution in [2.45, 2.75) is 0 Å². The van der Waals surface area contributed by atoms with Crippen LogP contribution in [0.25, 0.3) is 11.3 Å². The molecule has 0 saturated heterocycles. The SMILES string of the molecule is COc1ccc2c(c1)C(=C(C(=O)c1ccccc1)C(=O)c1ccccc1)C=C(c1ccccc1)O2. The third-order valence-corrected chi connectivity index (χ3v) is 5.83. The van der Waals surface area contributed by atoms with E-state index < -0.39 is 0 Å². The average molecular weight is 459 g/mol. The molecule has 170 valence electrons. The molecule has 5 rings (SSSR count). The van der Waals surface area contributed by atoms with Crippen LogP contribution < -0.4 is 9.47 Å². The Balaban J connectivity index is 1.81. The molecule has 0 radical (unpaired) electrons. The Bertz CT molecular complexity index is 1400. The van der Waals surface area contributed by atoms with Crippen LogP contribution >= 0.6 is 0 Å². The fraction of sp³-hybridized carbons (Fsp3) is 0.0323. The third kappa shape index (κ3) is 4.42. The van der Waals surface area contributed by atoms with Crippen LogP contribution in [0.3, 0.4) is 0 Å². The molecule has 0 bridgehead atoms. The second kappa shape index (κ2) is 9.65. The van der Waals surface area contributed by atoms with Crippen LogP contribution in [0.1, 0.15) is 31.8 Å². The van der Waals surface area contributed by atoms with Gasteiger partial charge in [-0.3, -0.25) is 9.59 Å². The largest absolute Gasteiger partial charge is 0.497 e. The van der Waals surface area contributed by atoms with Crippen molar-refractivity contribution in [3.63, 3.8) is 0 Å². The van der Waals surface area contributed by atoms with Crippen LogP contribution in [0.15, 0.2) is 121 Å². The maximum atomic E-state index is 13.9. The molecular weight excluding hydrogens is 436 g/mol. The zero-order chi connectivity index (χ0) is 24.2. The number of methoxy groups -OCH3 is 1. The summed E-state index contributed by atoms with van der Waals surface area (Å²) in [7, 11) is 1.57. The molecule has 0 fully saturated rings. The van der Waals surface area contributed by atoms with Crippen LogP contribution in [-0.2, 0) is 0 Å². The Hall–Kier alpha value is -4.70. The number of hydrogen-bond donors (Lipinski definition) is 0. The van der Waals surface area contributed by atoms with E-state index in [1.54, 1.807) is 79.9 Å². The molecule has 0 unspecified atom stereocenters. The standard InChI is InChI=1S/C31H22O4/c1-34-24-17-18-27-25(19-24)26(20-28(35-27)21-11-5-2-6-12-21)29(30(32)22-13-7-3-8-14-22)31(33)23-15-9-4-10-16-23/h2-20H,1H3. The summed E-state index contributed by atoms with van der Waals surface area (Å²) in [6.07, 6.45) is 1.77. The molecule has 35 heavy (non-hydrogen) atoms. The first-order valence-electron chi connectivity index (χ1n) is 11.2. The first-order valence-corrected chi connectivity index (χ1v) is 11.2. The van der Waals surface area contributed by atoms with E-state index in [2.05, 4.69) is 0 Å². The normalized spacial score (nSPS) is 12.1. The Labute approximate surface area is 203 Å². The number of fused-ring (bicyclic) bond motifs is 1. The molecule has 0 aromatic heterocycles. The molecular formula is C31H22O4. The van der Waals surface area contributed by atoms with Crippen molar-refractivity contribution in [2.75, 3.05) is 7.11 Å². The summed E-state index contributed by atoms with van der Waals surface area (Å²) >= 11 is 0. The highest BCUT2D eigenvalue weighted by Crippen LogP contribution is 2.41. The molecule has 0 atom stereocenters. The van der Waals surface area contributed by atoms with Crippen molar-refractivity contribution in [2.24, 2.45) is 0 Å². The zero-order valence-electron chi connectivity index (χ0n) is 19.1. The molecule has 4 heteroatoms. The van der Waals surface area contributed by atoms with Gasteiger partial charge in [-0.15, -0.1) is 0 Å². The van der Waals surface area contributed by atoms with Gasteiger partial charge in [-0.1, -0.05) is 91.0 Å². The Morgan fingerprint density at radius 1 is 0.686 bits per heavy atom. The summed E-state index contributed by atoms with van der Waals surface area (Å²) in [5, 5.41) is 0. The van der Waals surface area contributed by atoms with E-state index in [-0.39, 0.29) is 17.1 Å². The zero-order valence-corrected chi connectivity index (χ0v) is 19.1. The highest BCUT2D eigenvalue weighted by atomic mass is 16.5. The van der Waals surface area contributed by atoms with E-state index >= 15 is 0 Å². The van der Waals surface area contributed by atoms with E-state index in [0.717, 1.165) is 5.56 Å². The fourth-order valence-corrected chi connectivity index (χ4v) is 4.06. The molecule has 1 heterocycles. The molecule has 0 aliphatic carbocycles. The number of Topliss-reactive ketones (excluding diaryl/α,β-unsaturated/α-hetero) is 2. The topological polar surface area (TPSA) is 52.6 Å². The van der Waals surface area contributed by atoms with Crippen LogP contribution in [-0.4, -0.2) is 18.7 Å². The Morgan fingerprint density at radius 3 is 1.77 bits per heavy atom. The molecule has 1 aliphatic rings. The van der Waals surface area contributed by atoms with Crippen LogP contribution in [0, 0.1) is 0 Å². The van der Waals surface area contributed by atoms with Crippen molar-refractivity contribution in [3.8, 4) is 11.5 Å². The lowest BCUT2D eigenvalue weighted by molar-refractivity contribution is 0.0964. The first-order chi connectivity index (χ1) is 17.2. The highest BCUT2D eigenvalue weighted by molar-refractivity contribution is 6.35. The number of benzene rings is 4. The molecule has 0 N–H and O–H groups in total. The predicted octanol–water partition coefficient (Wildman–Crippen LogP) is 6.65. The maximum absolute atomic E-state index is 13.9. The number of ether oxygens (including phenoxy) is 2. The summed E-state index contributed by atoms with van der Waals surface area (Å²) in [5.74, 6) is 0.988. The fourth-order valence-electron chi connectivity index (χ4n) is 4.06. The second-order valence-corrected chi connectivity index (χ2v) is 8.02. The minimum atomic E-state index is -0.353. The van der Waals surface area contributed by atoms with Crippen molar-refractivity contribution in [1.82, 2.24) is 0 Å². The van der Waals surface area contributed by atoms with Gasteiger partial charge in [0, 0.05) is 27.8 Å². The lowest BCUT2D eigenvalue weighted by atomic mass is 9.86. The number of carbonyl (C=O) groups excluding carboxylic acids is 2. The van der Waals surface area contributed by atoms with Gasteiger partial charge in [0.05, 0.1) is 12.7 Å². The summed E-state index contributed by atoms with van der Waals surface area (Å²) < 4.78 is 11.7.